The zero-order chi connectivity index (χ0) is 15.6. The molecule has 1 amide bonds. The summed E-state index contributed by atoms with van der Waals surface area (Å²) in [6.07, 6.45) is 0.342. The molecule has 6 nitrogen and oxygen atoms in total. The van der Waals surface area contributed by atoms with Gasteiger partial charge in [0.25, 0.3) is 5.91 Å². The molecule has 1 aromatic carbocycles. The van der Waals surface area contributed by atoms with Gasteiger partial charge in [0.2, 0.25) is 0 Å². The summed E-state index contributed by atoms with van der Waals surface area (Å²) < 4.78 is 0. The average Bonchev–Trinajstić information content (AvgIpc) is 2.80. The minimum atomic E-state index is -1.05. The third-order valence-electron chi connectivity index (χ3n) is 3.02. The SMILES string of the molecule is CC(C)(C)CC(NC(=O)c1nc2ccccc2[nH]1)C(=O)O. The van der Waals surface area contributed by atoms with Gasteiger partial charge < -0.3 is 15.4 Å². The average molecular weight is 289 g/mol. The van der Waals surface area contributed by atoms with E-state index in [4.69, 9.17) is 0 Å². The van der Waals surface area contributed by atoms with Crippen LogP contribution in [0.1, 0.15) is 37.8 Å². The van der Waals surface area contributed by atoms with Crippen LogP contribution in [0.5, 0.6) is 0 Å². The van der Waals surface area contributed by atoms with Crippen LogP contribution in [0.15, 0.2) is 24.3 Å². The van der Waals surface area contributed by atoms with E-state index in [0.717, 1.165) is 5.52 Å². The van der Waals surface area contributed by atoms with Gasteiger partial charge in [-0.2, -0.15) is 0 Å². The molecule has 1 heterocycles. The van der Waals surface area contributed by atoms with Crippen LogP contribution in [-0.2, 0) is 4.79 Å². The van der Waals surface area contributed by atoms with E-state index >= 15 is 0 Å². The molecule has 2 aromatic rings. The van der Waals surface area contributed by atoms with E-state index < -0.39 is 17.9 Å². The van der Waals surface area contributed by atoms with Gasteiger partial charge in [-0.05, 0) is 24.0 Å². The van der Waals surface area contributed by atoms with Crippen LogP contribution < -0.4 is 5.32 Å². The number of nitrogens with zero attached hydrogens (tertiary/aromatic N) is 1. The van der Waals surface area contributed by atoms with Gasteiger partial charge in [0.05, 0.1) is 11.0 Å². The molecule has 0 radical (unpaired) electrons. The van der Waals surface area contributed by atoms with E-state index in [2.05, 4.69) is 15.3 Å². The monoisotopic (exact) mass is 289 g/mol. The van der Waals surface area contributed by atoms with Gasteiger partial charge in [-0.3, -0.25) is 4.79 Å². The molecule has 3 N–H and O–H groups in total. The fourth-order valence-electron chi connectivity index (χ4n) is 2.10. The molecule has 2 rings (SSSR count). The number of benzene rings is 1. The number of fused-ring (bicyclic) bond motifs is 1. The number of aromatic nitrogens is 2. The molecule has 0 aliphatic carbocycles. The van der Waals surface area contributed by atoms with Gasteiger partial charge >= 0.3 is 5.97 Å². The van der Waals surface area contributed by atoms with E-state index in [1.807, 2.05) is 39.0 Å². The molecule has 0 bridgehead atoms. The number of carbonyl (C=O) groups excluding carboxylic acids is 1. The minimum absolute atomic E-state index is 0.122. The maximum Gasteiger partial charge on any atom is 0.326 e. The normalized spacial score (nSPS) is 13.1. The van der Waals surface area contributed by atoms with Crippen molar-refractivity contribution in [2.75, 3.05) is 0 Å². The zero-order valence-electron chi connectivity index (χ0n) is 12.3. The van der Waals surface area contributed by atoms with E-state index in [-0.39, 0.29) is 11.2 Å². The highest BCUT2D eigenvalue weighted by molar-refractivity contribution is 5.96. The predicted octanol–water partition coefficient (Wildman–Crippen LogP) is 2.18. The molecular formula is C15H19N3O3. The maximum atomic E-state index is 12.1. The number of hydrogen-bond donors (Lipinski definition) is 3. The van der Waals surface area contributed by atoms with Crippen molar-refractivity contribution >= 4 is 22.9 Å². The van der Waals surface area contributed by atoms with E-state index in [0.29, 0.717) is 11.9 Å². The number of carboxylic acids is 1. The summed E-state index contributed by atoms with van der Waals surface area (Å²) >= 11 is 0. The Morgan fingerprint density at radius 2 is 2.00 bits per heavy atom. The second kappa shape index (κ2) is 5.55. The van der Waals surface area contributed by atoms with Crippen molar-refractivity contribution in [3.8, 4) is 0 Å². The van der Waals surface area contributed by atoms with Crippen LogP contribution in [0.3, 0.4) is 0 Å². The lowest BCUT2D eigenvalue weighted by atomic mass is 9.88. The number of aromatic amines is 1. The maximum absolute atomic E-state index is 12.1. The highest BCUT2D eigenvalue weighted by Crippen LogP contribution is 2.21. The predicted molar refractivity (Wildman–Crippen MR) is 79.1 cm³/mol. The van der Waals surface area contributed by atoms with Crippen LogP contribution >= 0.6 is 0 Å². The molecule has 0 aliphatic heterocycles. The molecule has 0 saturated heterocycles. The molecule has 0 fully saturated rings. The van der Waals surface area contributed by atoms with Crippen LogP contribution in [0.4, 0.5) is 0 Å². The Labute approximate surface area is 122 Å². The lowest BCUT2D eigenvalue weighted by Gasteiger charge is -2.23. The highest BCUT2D eigenvalue weighted by atomic mass is 16.4. The van der Waals surface area contributed by atoms with E-state index in [1.54, 1.807) is 6.07 Å². The molecule has 0 saturated carbocycles. The Bertz CT molecular complexity index is 637. The highest BCUT2D eigenvalue weighted by Gasteiger charge is 2.27. The molecular weight excluding hydrogens is 270 g/mol. The third-order valence-corrected chi connectivity index (χ3v) is 3.02. The first-order valence-corrected chi connectivity index (χ1v) is 6.75. The summed E-state index contributed by atoms with van der Waals surface area (Å²) in [5, 5.41) is 11.7. The van der Waals surface area contributed by atoms with Crippen molar-refractivity contribution < 1.29 is 14.7 Å². The van der Waals surface area contributed by atoms with Crippen molar-refractivity contribution in [3.63, 3.8) is 0 Å². The van der Waals surface area contributed by atoms with Crippen molar-refractivity contribution in [1.29, 1.82) is 0 Å². The second-order valence-corrected chi connectivity index (χ2v) is 6.23. The number of imidazole rings is 1. The molecule has 1 unspecified atom stereocenters. The lowest BCUT2D eigenvalue weighted by Crippen LogP contribution is -2.43. The van der Waals surface area contributed by atoms with Crippen LogP contribution in [0.25, 0.3) is 11.0 Å². The first-order valence-electron chi connectivity index (χ1n) is 6.75. The smallest absolute Gasteiger partial charge is 0.326 e. The standard InChI is InChI=1S/C15H19N3O3/c1-15(2,3)8-11(14(20)21)18-13(19)12-16-9-6-4-5-7-10(9)17-12/h4-7,11H,8H2,1-3H3,(H,16,17)(H,18,19)(H,20,21). The minimum Gasteiger partial charge on any atom is -0.480 e. The number of H-pyrrole nitrogens is 1. The first kappa shape index (κ1) is 15.0. The number of nitrogens with one attached hydrogen (secondary N) is 2. The fraction of sp³-hybridized carbons (Fsp3) is 0.400. The van der Waals surface area contributed by atoms with Gasteiger partial charge in [0.1, 0.15) is 6.04 Å². The number of amides is 1. The number of carboxylic acid groups (broad SMARTS) is 1. The molecule has 0 spiro atoms. The van der Waals surface area contributed by atoms with Crippen molar-refractivity contribution in [2.45, 2.75) is 33.2 Å². The molecule has 1 aromatic heterocycles. The fourth-order valence-corrected chi connectivity index (χ4v) is 2.10. The molecule has 112 valence electrons. The Hall–Kier alpha value is -2.37. The summed E-state index contributed by atoms with van der Waals surface area (Å²) in [4.78, 5) is 30.5. The Morgan fingerprint density at radius 1 is 1.33 bits per heavy atom. The topological polar surface area (TPSA) is 95.1 Å². The lowest BCUT2D eigenvalue weighted by molar-refractivity contribution is -0.140. The van der Waals surface area contributed by atoms with Crippen LogP contribution in [-0.4, -0.2) is 33.0 Å². The second-order valence-electron chi connectivity index (χ2n) is 6.23. The van der Waals surface area contributed by atoms with Gasteiger partial charge in [-0.15, -0.1) is 0 Å². The molecule has 21 heavy (non-hydrogen) atoms. The van der Waals surface area contributed by atoms with Crippen LogP contribution in [0.2, 0.25) is 0 Å². The van der Waals surface area contributed by atoms with Crippen molar-refractivity contribution in [2.24, 2.45) is 5.41 Å². The molecule has 6 heteroatoms. The zero-order valence-corrected chi connectivity index (χ0v) is 12.3. The Balaban J connectivity index is 2.16. The summed E-state index contributed by atoms with van der Waals surface area (Å²) in [5.41, 5.74) is 1.21. The number of para-hydroxylation sites is 2. The van der Waals surface area contributed by atoms with Gasteiger partial charge in [-0.1, -0.05) is 32.9 Å². The van der Waals surface area contributed by atoms with E-state index in [9.17, 15) is 14.7 Å². The summed E-state index contributed by atoms with van der Waals surface area (Å²) in [6.45, 7) is 5.78. The number of hydrogen-bond acceptors (Lipinski definition) is 3. The molecule has 0 aliphatic rings. The van der Waals surface area contributed by atoms with Gasteiger partial charge in [0.15, 0.2) is 5.82 Å². The summed E-state index contributed by atoms with van der Waals surface area (Å²) in [7, 11) is 0. The van der Waals surface area contributed by atoms with Gasteiger partial charge in [0, 0.05) is 0 Å². The Kier molecular flexibility index (Phi) is 3.97. The van der Waals surface area contributed by atoms with E-state index in [1.165, 1.54) is 0 Å². The number of aliphatic carboxylic acids is 1. The molecule has 1 atom stereocenters. The Morgan fingerprint density at radius 3 is 2.57 bits per heavy atom. The largest absolute Gasteiger partial charge is 0.480 e. The summed E-state index contributed by atoms with van der Waals surface area (Å²) in [6, 6.07) is 6.31. The number of carbonyl (C=O) groups is 2. The number of rotatable bonds is 4. The quantitative estimate of drug-likeness (QED) is 0.804. The van der Waals surface area contributed by atoms with Gasteiger partial charge in [-0.25, -0.2) is 9.78 Å². The first-order chi connectivity index (χ1) is 9.76. The van der Waals surface area contributed by atoms with Crippen LogP contribution in [0, 0.1) is 5.41 Å². The third kappa shape index (κ3) is 3.81. The summed E-state index contributed by atoms with van der Waals surface area (Å²) in [5.74, 6) is -1.44. The van der Waals surface area contributed by atoms with Crippen molar-refractivity contribution in [3.05, 3.63) is 30.1 Å². The van der Waals surface area contributed by atoms with Crippen molar-refractivity contribution in [1.82, 2.24) is 15.3 Å².